The van der Waals surface area contributed by atoms with Gasteiger partial charge in [-0.25, -0.2) is 4.68 Å². The van der Waals surface area contributed by atoms with E-state index in [9.17, 15) is 4.79 Å². The first-order chi connectivity index (χ1) is 16.1. The van der Waals surface area contributed by atoms with E-state index in [1.165, 1.54) is 10.2 Å². The van der Waals surface area contributed by atoms with Gasteiger partial charge in [0.25, 0.3) is 5.56 Å². The van der Waals surface area contributed by atoms with Crippen molar-refractivity contribution in [2.75, 3.05) is 13.1 Å². The Balaban J connectivity index is 1.76. The summed E-state index contributed by atoms with van der Waals surface area (Å²) in [5.41, 5.74) is 4.37. The molecule has 168 valence electrons. The molecule has 0 saturated carbocycles. The number of ether oxygens (including phenoxy) is 1. The molecular formula is C28H29N3O2. The fourth-order valence-corrected chi connectivity index (χ4v) is 3.82. The maximum absolute atomic E-state index is 12.5. The SMILES string of the molecule is CCN(CC)Cc1ccc(-c2cc(=O)n(C)nc2-c2ccccc2Oc2ccccc2)cc1. The van der Waals surface area contributed by atoms with Crippen molar-refractivity contribution in [2.45, 2.75) is 20.4 Å². The largest absolute Gasteiger partial charge is 0.457 e. The Kier molecular flexibility index (Phi) is 7.01. The van der Waals surface area contributed by atoms with Gasteiger partial charge in [-0.05, 0) is 48.5 Å². The predicted octanol–water partition coefficient (Wildman–Crippen LogP) is 5.75. The van der Waals surface area contributed by atoms with Gasteiger partial charge < -0.3 is 4.74 Å². The van der Waals surface area contributed by atoms with Gasteiger partial charge in [0, 0.05) is 30.8 Å². The second-order valence-electron chi connectivity index (χ2n) is 7.94. The molecule has 5 nitrogen and oxygen atoms in total. The Hall–Kier alpha value is -3.70. The van der Waals surface area contributed by atoms with Crippen LogP contribution in [0.2, 0.25) is 0 Å². The topological polar surface area (TPSA) is 47.4 Å². The summed E-state index contributed by atoms with van der Waals surface area (Å²) in [5, 5.41) is 4.63. The molecule has 5 heteroatoms. The van der Waals surface area contributed by atoms with Crippen molar-refractivity contribution in [3.05, 3.63) is 101 Å². The van der Waals surface area contributed by atoms with Gasteiger partial charge >= 0.3 is 0 Å². The Labute approximate surface area is 194 Å². The molecule has 0 aliphatic carbocycles. The third-order valence-corrected chi connectivity index (χ3v) is 5.77. The molecule has 1 aromatic heterocycles. The lowest BCUT2D eigenvalue weighted by molar-refractivity contribution is 0.296. The van der Waals surface area contributed by atoms with Crippen LogP contribution in [-0.4, -0.2) is 27.8 Å². The minimum Gasteiger partial charge on any atom is -0.457 e. The molecule has 1 heterocycles. The summed E-state index contributed by atoms with van der Waals surface area (Å²) in [6, 6.07) is 27.5. The average molecular weight is 440 g/mol. The van der Waals surface area contributed by atoms with Gasteiger partial charge in [-0.15, -0.1) is 0 Å². The van der Waals surface area contributed by atoms with E-state index in [1.54, 1.807) is 13.1 Å². The molecule has 3 aromatic carbocycles. The molecule has 4 rings (SSSR count). The number of aromatic nitrogens is 2. The Morgan fingerprint density at radius 1 is 0.848 bits per heavy atom. The van der Waals surface area contributed by atoms with Crippen LogP contribution in [-0.2, 0) is 13.6 Å². The number of nitrogens with zero attached hydrogens (tertiary/aromatic N) is 3. The normalized spacial score (nSPS) is 11.0. The molecule has 0 aliphatic rings. The van der Waals surface area contributed by atoms with Crippen LogP contribution in [0.15, 0.2) is 89.7 Å². The van der Waals surface area contributed by atoms with E-state index in [-0.39, 0.29) is 5.56 Å². The third-order valence-electron chi connectivity index (χ3n) is 5.77. The predicted molar refractivity (Wildman–Crippen MR) is 133 cm³/mol. The zero-order valence-electron chi connectivity index (χ0n) is 19.4. The van der Waals surface area contributed by atoms with Gasteiger partial charge in [-0.2, -0.15) is 5.10 Å². The van der Waals surface area contributed by atoms with E-state index in [0.29, 0.717) is 11.4 Å². The molecule has 0 fully saturated rings. The van der Waals surface area contributed by atoms with Crippen molar-refractivity contribution in [1.82, 2.24) is 14.7 Å². The Morgan fingerprint density at radius 3 is 2.21 bits per heavy atom. The van der Waals surface area contributed by atoms with Gasteiger partial charge in [0.2, 0.25) is 0 Å². The van der Waals surface area contributed by atoms with Crippen molar-refractivity contribution >= 4 is 0 Å². The summed E-state index contributed by atoms with van der Waals surface area (Å²) in [6.45, 7) is 7.27. The molecule has 0 unspecified atom stereocenters. The van der Waals surface area contributed by atoms with E-state index in [0.717, 1.165) is 42.1 Å². The quantitative estimate of drug-likeness (QED) is 0.351. The van der Waals surface area contributed by atoms with Crippen LogP contribution in [0, 0.1) is 0 Å². The summed E-state index contributed by atoms with van der Waals surface area (Å²) in [7, 11) is 1.67. The lowest BCUT2D eigenvalue weighted by atomic mass is 9.98. The lowest BCUT2D eigenvalue weighted by Gasteiger charge is -2.18. The molecular weight excluding hydrogens is 410 g/mol. The van der Waals surface area contributed by atoms with E-state index in [1.807, 2.05) is 54.6 Å². The van der Waals surface area contributed by atoms with Crippen LogP contribution >= 0.6 is 0 Å². The molecule has 0 bridgehead atoms. The van der Waals surface area contributed by atoms with E-state index in [2.05, 4.69) is 48.1 Å². The van der Waals surface area contributed by atoms with Gasteiger partial charge in [0.05, 0.1) is 0 Å². The molecule has 0 saturated heterocycles. The highest BCUT2D eigenvalue weighted by Gasteiger charge is 2.16. The number of aryl methyl sites for hydroxylation is 1. The third kappa shape index (κ3) is 5.21. The van der Waals surface area contributed by atoms with Gasteiger partial charge in [-0.3, -0.25) is 9.69 Å². The average Bonchev–Trinajstić information content (AvgIpc) is 2.85. The van der Waals surface area contributed by atoms with Crippen LogP contribution in [0.1, 0.15) is 19.4 Å². The van der Waals surface area contributed by atoms with Crippen LogP contribution in [0.25, 0.3) is 22.4 Å². The standard InChI is InChI=1S/C28H29N3O2/c1-4-31(5-2)20-21-15-17-22(18-16-21)25-19-27(32)30(3)29-28(25)24-13-9-10-14-26(24)33-23-11-7-6-8-12-23/h6-19H,4-5,20H2,1-3H3. The minimum atomic E-state index is -0.151. The summed E-state index contributed by atoms with van der Waals surface area (Å²) >= 11 is 0. The molecule has 4 aromatic rings. The fourth-order valence-electron chi connectivity index (χ4n) is 3.82. The smallest absolute Gasteiger partial charge is 0.267 e. The summed E-state index contributed by atoms with van der Waals surface area (Å²) in [5.74, 6) is 1.44. The monoisotopic (exact) mass is 439 g/mol. The number of hydrogen-bond donors (Lipinski definition) is 0. The van der Waals surface area contributed by atoms with Crippen molar-refractivity contribution in [3.8, 4) is 33.9 Å². The molecule has 0 amide bonds. The van der Waals surface area contributed by atoms with E-state index < -0.39 is 0 Å². The summed E-state index contributed by atoms with van der Waals surface area (Å²) in [6.07, 6.45) is 0. The van der Waals surface area contributed by atoms with Crippen LogP contribution < -0.4 is 10.3 Å². The molecule has 0 radical (unpaired) electrons. The van der Waals surface area contributed by atoms with Crippen molar-refractivity contribution < 1.29 is 4.74 Å². The minimum absolute atomic E-state index is 0.151. The molecule has 0 aliphatic heterocycles. The van der Waals surface area contributed by atoms with E-state index in [4.69, 9.17) is 4.74 Å². The Bertz CT molecular complexity index is 1260. The maximum Gasteiger partial charge on any atom is 0.267 e. The molecule has 0 atom stereocenters. The Morgan fingerprint density at radius 2 is 1.52 bits per heavy atom. The number of benzene rings is 3. The van der Waals surface area contributed by atoms with Gasteiger partial charge in [-0.1, -0.05) is 68.4 Å². The van der Waals surface area contributed by atoms with Crippen molar-refractivity contribution in [1.29, 1.82) is 0 Å². The first-order valence-corrected chi connectivity index (χ1v) is 11.3. The lowest BCUT2D eigenvalue weighted by Crippen LogP contribution is -2.22. The van der Waals surface area contributed by atoms with Crippen molar-refractivity contribution in [2.24, 2.45) is 7.05 Å². The second kappa shape index (κ2) is 10.3. The van der Waals surface area contributed by atoms with Crippen LogP contribution in [0.5, 0.6) is 11.5 Å². The maximum atomic E-state index is 12.5. The number of para-hydroxylation sites is 2. The fraction of sp³-hybridized carbons (Fsp3) is 0.214. The van der Waals surface area contributed by atoms with Crippen LogP contribution in [0.4, 0.5) is 0 Å². The van der Waals surface area contributed by atoms with Crippen LogP contribution in [0.3, 0.4) is 0 Å². The van der Waals surface area contributed by atoms with E-state index >= 15 is 0 Å². The highest BCUT2D eigenvalue weighted by molar-refractivity contribution is 5.83. The zero-order valence-corrected chi connectivity index (χ0v) is 19.4. The number of rotatable bonds is 8. The van der Waals surface area contributed by atoms with Gasteiger partial charge in [0.15, 0.2) is 0 Å². The second-order valence-corrected chi connectivity index (χ2v) is 7.94. The summed E-state index contributed by atoms with van der Waals surface area (Å²) < 4.78 is 7.55. The first kappa shape index (κ1) is 22.5. The molecule has 33 heavy (non-hydrogen) atoms. The molecule has 0 N–H and O–H groups in total. The highest BCUT2D eigenvalue weighted by atomic mass is 16.5. The molecule has 0 spiro atoms. The van der Waals surface area contributed by atoms with Gasteiger partial charge in [0.1, 0.15) is 17.2 Å². The number of hydrogen-bond acceptors (Lipinski definition) is 4. The first-order valence-electron chi connectivity index (χ1n) is 11.3. The zero-order chi connectivity index (χ0) is 23.2. The summed E-state index contributed by atoms with van der Waals surface area (Å²) in [4.78, 5) is 14.9. The highest BCUT2D eigenvalue weighted by Crippen LogP contribution is 2.37. The van der Waals surface area contributed by atoms with Crippen molar-refractivity contribution in [3.63, 3.8) is 0 Å².